The third-order valence-corrected chi connectivity index (χ3v) is 6.10. The second kappa shape index (κ2) is 9.65. The quantitative estimate of drug-likeness (QED) is 0.393. The van der Waals surface area contributed by atoms with Crippen LogP contribution in [0.4, 0.5) is 11.4 Å². The number of carbonyl (C=O) groups excluding carboxylic acids is 1. The van der Waals surface area contributed by atoms with Crippen LogP contribution < -0.4 is 5.32 Å². The summed E-state index contributed by atoms with van der Waals surface area (Å²) in [4.78, 5) is 28.0. The molecule has 0 aliphatic heterocycles. The summed E-state index contributed by atoms with van der Waals surface area (Å²) >= 11 is 0. The molecule has 1 aliphatic carbocycles. The molecule has 1 fully saturated rings. The minimum absolute atomic E-state index is 0.0677. The third-order valence-electron chi connectivity index (χ3n) is 6.10. The Morgan fingerprint density at radius 1 is 1.09 bits per heavy atom. The highest BCUT2D eigenvalue weighted by atomic mass is 16.4. The summed E-state index contributed by atoms with van der Waals surface area (Å²) in [5, 5.41) is 14.2. The van der Waals surface area contributed by atoms with Crippen molar-refractivity contribution in [2.75, 3.05) is 5.32 Å². The van der Waals surface area contributed by atoms with Gasteiger partial charge in [0.05, 0.1) is 12.5 Å². The Morgan fingerprint density at radius 2 is 1.88 bits per heavy atom. The van der Waals surface area contributed by atoms with E-state index in [0.29, 0.717) is 30.1 Å². The van der Waals surface area contributed by atoms with Crippen molar-refractivity contribution in [2.45, 2.75) is 44.4 Å². The fraction of sp³-hybridized carbons (Fsp3) is 0.296. The minimum Gasteiger partial charge on any atom is -0.481 e. The fourth-order valence-electron chi connectivity index (χ4n) is 4.23. The molecule has 0 saturated heterocycles. The number of nitrogens with one attached hydrogen (secondary N) is 1. The van der Waals surface area contributed by atoms with Gasteiger partial charge in [0.15, 0.2) is 5.69 Å². The van der Waals surface area contributed by atoms with E-state index in [2.05, 4.69) is 28.4 Å². The lowest BCUT2D eigenvalue weighted by Gasteiger charge is -2.20. The molecule has 2 N–H and O–H groups in total. The topological polar surface area (TPSA) is 70.8 Å². The first kappa shape index (κ1) is 21.6. The molecule has 0 spiro atoms. The molecule has 1 unspecified atom stereocenters. The van der Waals surface area contributed by atoms with E-state index in [9.17, 15) is 9.59 Å². The number of carbonyl (C=O) groups is 2. The summed E-state index contributed by atoms with van der Waals surface area (Å²) in [7, 11) is 0. The maximum atomic E-state index is 13.6. The summed E-state index contributed by atoms with van der Waals surface area (Å²) in [6.07, 6.45) is 4.19. The Bertz CT molecular complexity index is 1190. The summed E-state index contributed by atoms with van der Waals surface area (Å²) in [5.41, 5.74) is 2.94. The Hall–Kier alpha value is -3.65. The van der Waals surface area contributed by atoms with Crippen molar-refractivity contribution in [3.8, 4) is 0 Å². The Balaban J connectivity index is 1.64. The number of hydrogen-bond acceptors (Lipinski definition) is 2. The third kappa shape index (κ3) is 5.15. The Labute approximate surface area is 187 Å². The zero-order valence-corrected chi connectivity index (χ0v) is 17.9. The van der Waals surface area contributed by atoms with Crippen LogP contribution >= 0.6 is 0 Å². The summed E-state index contributed by atoms with van der Waals surface area (Å²) in [6, 6.07) is 19.4. The van der Waals surface area contributed by atoms with Crippen LogP contribution in [0, 0.1) is 12.5 Å². The van der Waals surface area contributed by atoms with Gasteiger partial charge in [-0.2, -0.15) is 0 Å². The Morgan fingerprint density at radius 3 is 2.62 bits per heavy atom. The molecule has 1 amide bonds. The van der Waals surface area contributed by atoms with E-state index in [-0.39, 0.29) is 18.2 Å². The largest absolute Gasteiger partial charge is 0.481 e. The van der Waals surface area contributed by atoms with Crippen LogP contribution in [-0.2, 0) is 16.0 Å². The number of aliphatic carboxylic acids is 1. The van der Waals surface area contributed by atoms with Crippen molar-refractivity contribution in [3.63, 3.8) is 0 Å². The molecule has 0 radical (unpaired) electrons. The monoisotopic (exact) mass is 426 g/mol. The van der Waals surface area contributed by atoms with Gasteiger partial charge < -0.3 is 10.4 Å². The molecule has 1 atom stereocenters. The van der Waals surface area contributed by atoms with Gasteiger partial charge in [-0.3, -0.25) is 9.59 Å². The van der Waals surface area contributed by atoms with Crippen molar-refractivity contribution < 1.29 is 14.7 Å². The molecule has 5 heteroatoms. The highest BCUT2D eigenvalue weighted by Gasteiger charge is 2.31. The maximum Gasteiger partial charge on any atom is 0.303 e. The molecule has 0 heterocycles. The Kier molecular flexibility index (Phi) is 6.51. The van der Waals surface area contributed by atoms with Gasteiger partial charge in [-0.1, -0.05) is 67.4 Å². The van der Waals surface area contributed by atoms with E-state index in [1.807, 2.05) is 30.3 Å². The van der Waals surface area contributed by atoms with Crippen LogP contribution in [-0.4, -0.2) is 17.0 Å². The van der Waals surface area contributed by atoms with Crippen LogP contribution in [0.15, 0.2) is 60.7 Å². The molecule has 5 nitrogen and oxygen atoms in total. The van der Waals surface area contributed by atoms with Crippen molar-refractivity contribution in [1.82, 2.24) is 0 Å². The van der Waals surface area contributed by atoms with Crippen LogP contribution in [0.2, 0.25) is 0 Å². The van der Waals surface area contributed by atoms with Gasteiger partial charge in [0.1, 0.15) is 0 Å². The number of fused-ring (bicyclic) bond motifs is 1. The molecule has 3 aromatic rings. The van der Waals surface area contributed by atoms with Crippen LogP contribution in [0.25, 0.3) is 15.6 Å². The first-order valence-corrected chi connectivity index (χ1v) is 11.1. The van der Waals surface area contributed by atoms with Crippen LogP contribution in [0.3, 0.4) is 0 Å². The smallest absolute Gasteiger partial charge is 0.303 e. The summed E-state index contributed by atoms with van der Waals surface area (Å²) in [6.45, 7) is 7.33. The number of benzene rings is 3. The lowest BCUT2D eigenvalue weighted by atomic mass is 9.88. The van der Waals surface area contributed by atoms with Gasteiger partial charge in [-0.15, -0.1) is 0 Å². The molecule has 0 aromatic heterocycles. The maximum absolute atomic E-state index is 13.6. The molecule has 3 aromatic carbocycles. The van der Waals surface area contributed by atoms with E-state index in [1.165, 1.54) is 0 Å². The molecule has 32 heavy (non-hydrogen) atoms. The molecule has 162 valence electrons. The van der Waals surface area contributed by atoms with Crippen molar-refractivity contribution in [2.24, 2.45) is 5.92 Å². The van der Waals surface area contributed by atoms with Gasteiger partial charge in [-0.25, -0.2) is 4.85 Å². The van der Waals surface area contributed by atoms with Crippen LogP contribution in [0.1, 0.15) is 49.1 Å². The van der Waals surface area contributed by atoms with E-state index in [0.717, 1.165) is 41.2 Å². The van der Waals surface area contributed by atoms with E-state index in [1.54, 1.807) is 12.1 Å². The fourth-order valence-corrected chi connectivity index (χ4v) is 4.23. The molecule has 4 rings (SSSR count). The standard InChI is InChI=1S/C27H26N2O3/c1-28-21-15-14-20(8-5-11-26(30)31)25(17-21)29-27(32)24(16-18-12-13-18)23-10-4-7-19-6-2-3-9-22(19)23/h2-4,6-7,9-10,14-15,17-18,24H,5,8,11-13,16H2,(H,29,32)(H,30,31). The number of rotatable bonds is 9. The number of nitrogens with zero attached hydrogens (tertiary/aromatic N) is 1. The SMILES string of the molecule is [C-]#[N+]c1ccc(CCCC(=O)O)c(NC(=O)C(CC2CC2)c2cccc3ccccc23)c1. The lowest BCUT2D eigenvalue weighted by molar-refractivity contribution is -0.137. The van der Waals surface area contributed by atoms with E-state index < -0.39 is 5.97 Å². The number of anilines is 1. The number of amides is 1. The first-order chi connectivity index (χ1) is 15.5. The lowest BCUT2D eigenvalue weighted by Crippen LogP contribution is -2.22. The summed E-state index contributed by atoms with van der Waals surface area (Å²) in [5.74, 6) is -0.630. The van der Waals surface area contributed by atoms with E-state index in [4.69, 9.17) is 11.7 Å². The zero-order valence-electron chi connectivity index (χ0n) is 17.9. The van der Waals surface area contributed by atoms with E-state index >= 15 is 0 Å². The number of aryl methyl sites for hydroxylation is 1. The summed E-state index contributed by atoms with van der Waals surface area (Å²) < 4.78 is 0. The molecule has 1 saturated carbocycles. The second-order valence-corrected chi connectivity index (χ2v) is 8.49. The number of hydrogen-bond donors (Lipinski definition) is 2. The minimum atomic E-state index is -0.839. The van der Waals surface area contributed by atoms with Gasteiger partial charge in [0.25, 0.3) is 0 Å². The highest BCUT2D eigenvalue weighted by Crippen LogP contribution is 2.41. The average Bonchev–Trinajstić information content (AvgIpc) is 3.62. The predicted molar refractivity (Wildman–Crippen MR) is 126 cm³/mol. The van der Waals surface area contributed by atoms with Crippen LogP contribution in [0.5, 0.6) is 0 Å². The van der Waals surface area contributed by atoms with Gasteiger partial charge in [-0.05, 0) is 53.1 Å². The second-order valence-electron chi connectivity index (χ2n) is 8.49. The van der Waals surface area contributed by atoms with Crippen molar-refractivity contribution >= 4 is 34.0 Å². The van der Waals surface area contributed by atoms with Crippen molar-refractivity contribution in [3.05, 3.63) is 83.2 Å². The van der Waals surface area contributed by atoms with Gasteiger partial charge >= 0.3 is 5.97 Å². The normalized spacial score (nSPS) is 14.0. The first-order valence-electron chi connectivity index (χ1n) is 11.1. The average molecular weight is 427 g/mol. The molecule has 1 aliphatic rings. The van der Waals surface area contributed by atoms with Gasteiger partial charge in [0, 0.05) is 12.1 Å². The number of carboxylic acid groups (broad SMARTS) is 1. The van der Waals surface area contributed by atoms with Crippen molar-refractivity contribution in [1.29, 1.82) is 0 Å². The highest BCUT2D eigenvalue weighted by molar-refractivity contribution is 6.00. The van der Waals surface area contributed by atoms with Gasteiger partial charge in [0.2, 0.25) is 5.91 Å². The molecular formula is C27H26N2O3. The predicted octanol–water partition coefficient (Wildman–Crippen LogP) is 6.32. The molecule has 0 bridgehead atoms. The number of carboxylic acids is 1. The molecular weight excluding hydrogens is 400 g/mol. The zero-order chi connectivity index (χ0) is 22.5.